The summed E-state index contributed by atoms with van der Waals surface area (Å²) >= 11 is 16.8. The second-order valence-corrected chi connectivity index (χ2v) is 4.70. The first kappa shape index (κ1) is 13.1. The molecule has 92 valence electrons. The van der Waals surface area contributed by atoms with Crippen molar-refractivity contribution in [3.63, 3.8) is 0 Å². The fraction of sp³-hybridized carbons (Fsp3) is 0. The Hall–Kier alpha value is -1.36. The van der Waals surface area contributed by atoms with Gasteiger partial charge in [-0.1, -0.05) is 35.4 Å². The van der Waals surface area contributed by atoms with Crippen LogP contribution in [0.2, 0.25) is 10.0 Å². The van der Waals surface area contributed by atoms with Crippen molar-refractivity contribution < 1.29 is 4.74 Å². The molecule has 0 saturated heterocycles. The third kappa shape index (κ3) is 2.90. The number of nitrogens with zero attached hydrogens (tertiary/aromatic N) is 1. The molecule has 1 aromatic carbocycles. The third-order valence-electron chi connectivity index (χ3n) is 2.16. The van der Waals surface area contributed by atoms with Crippen LogP contribution in [0.4, 0.5) is 0 Å². The molecule has 0 unspecified atom stereocenters. The van der Waals surface area contributed by atoms with Gasteiger partial charge >= 0.3 is 0 Å². The largest absolute Gasteiger partial charge is 0.453 e. The van der Waals surface area contributed by atoms with Crippen molar-refractivity contribution in [2.75, 3.05) is 0 Å². The van der Waals surface area contributed by atoms with Crippen LogP contribution < -0.4 is 10.5 Å². The third-order valence-corrected chi connectivity index (χ3v) is 2.93. The van der Waals surface area contributed by atoms with Crippen LogP contribution in [-0.2, 0) is 0 Å². The molecule has 0 amide bonds. The van der Waals surface area contributed by atoms with Gasteiger partial charge in [0.2, 0.25) is 0 Å². The Morgan fingerprint density at radius 1 is 1.22 bits per heavy atom. The number of benzene rings is 1. The zero-order chi connectivity index (χ0) is 13.1. The van der Waals surface area contributed by atoms with E-state index in [0.717, 1.165) is 0 Å². The van der Waals surface area contributed by atoms with Crippen LogP contribution in [0, 0.1) is 0 Å². The molecule has 6 heteroatoms. The highest BCUT2D eigenvalue weighted by Gasteiger charge is 2.10. The van der Waals surface area contributed by atoms with E-state index in [0.29, 0.717) is 27.1 Å². The average Bonchev–Trinajstić information content (AvgIpc) is 2.34. The highest BCUT2D eigenvalue weighted by Crippen LogP contribution is 2.32. The Balaban J connectivity index is 2.40. The number of hydrogen-bond donors (Lipinski definition) is 1. The predicted molar refractivity (Wildman–Crippen MR) is 76.7 cm³/mol. The number of hydrogen-bond acceptors (Lipinski definition) is 3. The van der Waals surface area contributed by atoms with E-state index >= 15 is 0 Å². The molecule has 0 atom stereocenters. The molecule has 2 N–H and O–H groups in total. The van der Waals surface area contributed by atoms with Gasteiger partial charge in [0.15, 0.2) is 5.75 Å². The van der Waals surface area contributed by atoms with Crippen molar-refractivity contribution in [2.45, 2.75) is 0 Å². The van der Waals surface area contributed by atoms with Crippen molar-refractivity contribution in [1.82, 2.24) is 4.98 Å². The maximum atomic E-state index is 6.01. The van der Waals surface area contributed by atoms with Crippen LogP contribution in [0.1, 0.15) is 5.56 Å². The molecule has 0 fully saturated rings. The van der Waals surface area contributed by atoms with Gasteiger partial charge in [0.05, 0.1) is 16.8 Å². The number of rotatable bonds is 3. The minimum absolute atomic E-state index is 0.227. The van der Waals surface area contributed by atoms with Crippen molar-refractivity contribution in [2.24, 2.45) is 5.73 Å². The van der Waals surface area contributed by atoms with Gasteiger partial charge in [0, 0.05) is 17.3 Å². The van der Waals surface area contributed by atoms with Crippen molar-refractivity contribution in [1.29, 1.82) is 0 Å². The first-order chi connectivity index (χ1) is 8.58. The van der Waals surface area contributed by atoms with E-state index in [1.54, 1.807) is 30.5 Å². The van der Waals surface area contributed by atoms with Crippen molar-refractivity contribution in [3.05, 3.63) is 52.3 Å². The number of nitrogens with two attached hydrogens (primary N) is 1. The lowest BCUT2D eigenvalue weighted by molar-refractivity contribution is 0.479. The predicted octanol–water partition coefficient (Wildman–Crippen LogP) is 3.81. The van der Waals surface area contributed by atoms with Crippen LogP contribution in [0.3, 0.4) is 0 Å². The fourth-order valence-electron chi connectivity index (χ4n) is 1.34. The number of halogens is 2. The summed E-state index contributed by atoms with van der Waals surface area (Å²) in [5, 5.41) is 0.965. The molecule has 2 aromatic rings. The summed E-state index contributed by atoms with van der Waals surface area (Å²) < 4.78 is 5.64. The Labute approximate surface area is 119 Å². The van der Waals surface area contributed by atoms with Crippen LogP contribution in [-0.4, -0.2) is 9.97 Å². The maximum absolute atomic E-state index is 6.01. The van der Waals surface area contributed by atoms with Gasteiger partial charge in [-0.3, -0.25) is 4.98 Å². The van der Waals surface area contributed by atoms with Gasteiger partial charge in [-0.25, -0.2) is 0 Å². The molecule has 1 heterocycles. The zero-order valence-corrected chi connectivity index (χ0v) is 11.4. The van der Waals surface area contributed by atoms with E-state index in [2.05, 4.69) is 4.98 Å². The zero-order valence-electron chi connectivity index (χ0n) is 9.06. The Kier molecular flexibility index (Phi) is 4.01. The number of pyridine rings is 1. The summed E-state index contributed by atoms with van der Waals surface area (Å²) in [6.07, 6.45) is 3.10. The highest BCUT2D eigenvalue weighted by atomic mass is 35.5. The summed E-state index contributed by atoms with van der Waals surface area (Å²) in [6, 6.07) is 6.61. The normalized spacial score (nSPS) is 10.1. The molecular weight excluding hydrogens is 291 g/mol. The summed E-state index contributed by atoms with van der Waals surface area (Å²) in [7, 11) is 0. The first-order valence-electron chi connectivity index (χ1n) is 4.94. The van der Waals surface area contributed by atoms with E-state index in [-0.39, 0.29) is 4.99 Å². The molecule has 0 saturated carbocycles. The SMILES string of the molecule is NC(=S)c1ccncc1Oc1cc(Cl)ccc1Cl. The van der Waals surface area contributed by atoms with Crippen LogP contribution >= 0.6 is 35.4 Å². The average molecular weight is 299 g/mol. The molecular formula is C12H8Cl2N2OS. The Morgan fingerprint density at radius 3 is 2.72 bits per heavy atom. The fourth-order valence-corrected chi connectivity index (χ4v) is 1.83. The van der Waals surface area contributed by atoms with E-state index in [1.165, 1.54) is 6.20 Å². The molecule has 0 aliphatic carbocycles. The van der Waals surface area contributed by atoms with E-state index in [4.69, 9.17) is 45.9 Å². The summed E-state index contributed by atoms with van der Waals surface area (Å²) in [5.74, 6) is 0.865. The van der Waals surface area contributed by atoms with Gasteiger partial charge in [0.25, 0.3) is 0 Å². The highest BCUT2D eigenvalue weighted by molar-refractivity contribution is 7.80. The summed E-state index contributed by atoms with van der Waals surface area (Å²) in [4.78, 5) is 4.19. The lowest BCUT2D eigenvalue weighted by Gasteiger charge is -2.10. The van der Waals surface area contributed by atoms with Crippen molar-refractivity contribution in [3.8, 4) is 11.5 Å². The lowest BCUT2D eigenvalue weighted by atomic mass is 10.2. The molecule has 0 aliphatic heterocycles. The molecule has 0 radical (unpaired) electrons. The molecule has 0 bridgehead atoms. The van der Waals surface area contributed by atoms with Gasteiger partial charge in [-0.15, -0.1) is 0 Å². The minimum atomic E-state index is 0.227. The Morgan fingerprint density at radius 2 is 2.00 bits per heavy atom. The lowest BCUT2D eigenvalue weighted by Crippen LogP contribution is -2.10. The first-order valence-corrected chi connectivity index (χ1v) is 6.11. The maximum Gasteiger partial charge on any atom is 0.155 e. The summed E-state index contributed by atoms with van der Waals surface area (Å²) in [5.41, 5.74) is 6.19. The van der Waals surface area contributed by atoms with Gasteiger partial charge in [0.1, 0.15) is 10.7 Å². The number of aromatic nitrogens is 1. The smallest absolute Gasteiger partial charge is 0.155 e. The van der Waals surface area contributed by atoms with E-state index in [1.807, 2.05) is 0 Å². The molecule has 0 spiro atoms. The number of ether oxygens (including phenoxy) is 1. The molecule has 3 nitrogen and oxygen atoms in total. The minimum Gasteiger partial charge on any atom is -0.453 e. The molecule has 18 heavy (non-hydrogen) atoms. The second-order valence-electron chi connectivity index (χ2n) is 3.41. The summed E-state index contributed by atoms with van der Waals surface area (Å²) in [6.45, 7) is 0. The molecule has 1 aromatic heterocycles. The standard InChI is InChI=1S/C12H8Cl2N2OS/c13-7-1-2-9(14)10(5-7)17-11-6-16-4-3-8(11)12(15)18/h1-6H,(H2,15,18). The molecule has 0 aliphatic rings. The monoisotopic (exact) mass is 298 g/mol. The van der Waals surface area contributed by atoms with Crippen LogP contribution in [0.5, 0.6) is 11.5 Å². The van der Waals surface area contributed by atoms with E-state index < -0.39 is 0 Å². The second kappa shape index (κ2) is 5.52. The van der Waals surface area contributed by atoms with E-state index in [9.17, 15) is 0 Å². The Bertz CT molecular complexity index is 604. The quantitative estimate of drug-likeness (QED) is 0.875. The van der Waals surface area contributed by atoms with Gasteiger partial charge < -0.3 is 10.5 Å². The number of thiocarbonyl (C=S) groups is 1. The van der Waals surface area contributed by atoms with Gasteiger partial charge in [-0.05, 0) is 18.2 Å². The topological polar surface area (TPSA) is 48.1 Å². The van der Waals surface area contributed by atoms with Gasteiger partial charge in [-0.2, -0.15) is 0 Å². The van der Waals surface area contributed by atoms with Crippen molar-refractivity contribution >= 4 is 40.4 Å². The molecule has 2 rings (SSSR count). The van der Waals surface area contributed by atoms with Crippen LogP contribution in [0.15, 0.2) is 36.7 Å². The van der Waals surface area contributed by atoms with Crippen LogP contribution in [0.25, 0.3) is 0 Å².